The summed E-state index contributed by atoms with van der Waals surface area (Å²) in [5.41, 5.74) is 21.3. The summed E-state index contributed by atoms with van der Waals surface area (Å²) in [5.74, 6) is -7.21. The summed E-state index contributed by atoms with van der Waals surface area (Å²) in [5, 5.41) is 33.1. The van der Waals surface area contributed by atoms with E-state index < -0.39 is 102 Å². The Labute approximate surface area is 481 Å². The van der Waals surface area contributed by atoms with E-state index in [9.17, 15) is 43.5 Å². The average Bonchev–Trinajstić information content (AvgIpc) is 3.91. The molecule has 3 heterocycles. The Morgan fingerprint density at radius 1 is 0.728 bits per heavy atom. The zero-order valence-electron chi connectivity index (χ0n) is 44.4. The number of nitrogens with two attached hydrogens (primary N) is 3. The number of aliphatic hydroxyl groups is 1. The maximum Gasteiger partial charge on any atom is 0.245 e. The molecule has 1 aliphatic rings. The minimum Gasteiger partial charge on any atom is -0.391 e. The van der Waals surface area contributed by atoms with E-state index in [1.54, 1.807) is 54.7 Å². The summed E-state index contributed by atoms with van der Waals surface area (Å²) in [6.07, 6.45) is 2.19. The van der Waals surface area contributed by atoms with Gasteiger partial charge >= 0.3 is 0 Å². The second kappa shape index (κ2) is 29.8. The van der Waals surface area contributed by atoms with Crippen LogP contribution in [0, 0.1) is 0 Å². The molecule has 1 saturated heterocycles. The second-order valence-corrected chi connectivity index (χ2v) is 22.8. The van der Waals surface area contributed by atoms with Gasteiger partial charge in [0.2, 0.25) is 47.3 Å². The van der Waals surface area contributed by atoms with Crippen LogP contribution >= 0.6 is 33.2 Å². The summed E-state index contributed by atoms with van der Waals surface area (Å²) in [4.78, 5) is 122. The largest absolute Gasteiger partial charge is 0.391 e. The molecule has 428 valence electrons. The van der Waals surface area contributed by atoms with Crippen molar-refractivity contribution < 1.29 is 43.5 Å². The van der Waals surface area contributed by atoms with Crippen molar-refractivity contribution >= 4 is 102 Å². The zero-order chi connectivity index (χ0) is 58.0. The van der Waals surface area contributed by atoms with Crippen molar-refractivity contribution in [2.45, 2.75) is 106 Å². The van der Waals surface area contributed by atoms with Crippen molar-refractivity contribution in [2.24, 2.45) is 17.2 Å². The first-order valence-corrected chi connectivity index (χ1v) is 29.3. The topological polar surface area (TPSA) is 348 Å². The summed E-state index contributed by atoms with van der Waals surface area (Å²) in [6.45, 7) is 1.51. The zero-order valence-corrected chi connectivity index (χ0v) is 46.8. The standard InChI is InChI=1S/C57H67ClN12O9S2/c1-32(71)49-57(79)69-48(55(77)65-44(50(61)72)26-34-16-19-35-10-2-3-11-36(35)24-34)31-81-80-30-47(68-51(73)41(60)25-33-17-20-38(58)21-18-33)56(78)67-46(28-39-12-7-9-23-62-39)54(76)66-45(27-37-29-63-42-14-5-4-13-40(37)42)53(75)64-43(52(74)70-49)15-6-8-22-59/h2-5,7,9-14,16-21,23-24,29,32,41,43-49,63,71H,6,8,15,22,25-28,30-31,59-60H2,1H3,(H2,61,72)(H,64,75)(H,65,77)(H,66,76)(H,67,78)(H,68,73)(H,69,79)(H,70,74)/t32-,41+,43+,44+,45?,46-,47?,48?,49+/m1/s1. The molecule has 8 amide bonds. The SMILES string of the molecule is C[C@@H](O)[C@@H]1NC(=O)[C@H](CCCCN)NC(=O)C(Cc2c[nH]c3ccccc23)NC(=O)[C@@H](Cc2ccccn2)NC(=O)C(NC(=O)[C@@H](N)Cc2ccc(Cl)cc2)CSSCC(C(=O)N[C@@H](Cc2ccc3ccccc3c2)C(N)=O)NC1=O. The predicted molar refractivity (Wildman–Crippen MR) is 313 cm³/mol. The van der Waals surface area contributed by atoms with Crippen molar-refractivity contribution in [3.05, 3.63) is 149 Å². The Hall–Kier alpha value is -7.54. The molecule has 0 spiro atoms. The van der Waals surface area contributed by atoms with E-state index in [2.05, 4.69) is 47.2 Å². The number of rotatable bonds is 18. The van der Waals surface area contributed by atoms with E-state index in [4.69, 9.17) is 28.8 Å². The number of H-pyrrole nitrogens is 1. The monoisotopic (exact) mass is 1160 g/mol. The molecule has 81 heavy (non-hydrogen) atoms. The van der Waals surface area contributed by atoms with Crippen LogP contribution in [0.1, 0.15) is 48.6 Å². The third-order valence-corrected chi connectivity index (χ3v) is 16.3. The van der Waals surface area contributed by atoms with Crippen molar-refractivity contribution in [2.75, 3.05) is 18.1 Å². The molecule has 21 nitrogen and oxygen atoms in total. The highest BCUT2D eigenvalue weighted by atomic mass is 35.5. The van der Waals surface area contributed by atoms with Gasteiger partial charge in [0.1, 0.15) is 42.3 Å². The van der Waals surface area contributed by atoms with Gasteiger partial charge in [-0.25, -0.2) is 0 Å². The average molecular weight is 1160 g/mol. The first kappa shape index (κ1) is 61.1. The van der Waals surface area contributed by atoms with E-state index in [1.165, 1.54) is 13.1 Å². The van der Waals surface area contributed by atoms with Gasteiger partial charge in [-0.2, -0.15) is 0 Å². The normalized spacial score (nSPS) is 21.0. The molecule has 1 aliphatic heterocycles. The lowest BCUT2D eigenvalue weighted by molar-refractivity contribution is -0.136. The van der Waals surface area contributed by atoms with E-state index in [1.807, 2.05) is 60.7 Å². The Balaban J connectivity index is 1.24. The number of aromatic amines is 1. The smallest absolute Gasteiger partial charge is 0.245 e. The minimum absolute atomic E-state index is 0.0100. The molecule has 0 aliphatic carbocycles. The fourth-order valence-electron chi connectivity index (χ4n) is 9.11. The number of nitrogens with one attached hydrogen (secondary N) is 8. The summed E-state index contributed by atoms with van der Waals surface area (Å²) in [6, 6.07) is 21.0. The van der Waals surface area contributed by atoms with Crippen molar-refractivity contribution in [3.63, 3.8) is 0 Å². The number of nitrogens with zero attached hydrogens (tertiary/aromatic N) is 1. The van der Waals surface area contributed by atoms with E-state index in [-0.39, 0.29) is 50.2 Å². The van der Waals surface area contributed by atoms with Gasteiger partial charge in [0.25, 0.3) is 0 Å². The molecule has 9 atom stereocenters. The van der Waals surface area contributed by atoms with E-state index in [0.29, 0.717) is 40.2 Å². The van der Waals surface area contributed by atoms with Gasteiger partial charge in [-0.1, -0.05) is 112 Å². The number of hydrogen-bond donors (Lipinski definition) is 12. The van der Waals surface area contributed by atoms with Crippen molar-refractivity contribution in [1.29, 1.82) is 0 Å². The molecule has 4 aromatic carbocycles. The van der Waals surface area contributed by atoms with E-state index >= 15 is 0 Å². The fourth-order valence-corrected chi connectivity index (χ4v) is 11.6. The highest BCUT2D eigenvalue weighted by molar-refractivity contribution is 8.76. The Morgan fingerprint density at radius 3 is 2.10 bits per heavy atom. The number of benzene rings is 4. The lowest BCUT2D eigenvalue weighted by atomic mass is 10.0. The number of carbonyl (C=O) groups is 8. The number of aromatic nitrogens is 2. The highest BCUT2D eigenvalue weighted by Crippen LogP contribution is 2.25. The molecule has 15 N–H and O–H groups in total. The fraction of sp³-hybridized carbons (Fsp3) is 0.351. The van der Waals surface area contributed by atoms with Gasteiger partial charge in [0, 0.05) is 64.8 Å². The Bertz CT molecular complexity index is 3170. The molecule has 1 fully saturated rings. The molecule has 24 heteroatoms. The molecule has 0 saturated carbocycles. The van der Waals surface area contributed by atoms with Gasteiger partial charge in [-0.3, -0.25) is 43.3 Å². The Kier molecular flexibility index (Phi) is 22.5. The number of amides is 8. The molecular formula is C57H67ClN12O9S2. The van der Waals surface area contributed by atoms with Gasteiger partial charge < -0.3 is 64.5 Å². The highest BCUT2D eigenvalue weighted by Gasteiger charge is 2.37. The van der Waals surface area contributed by atoms with Crippen LogP contribution in [0.2, 0.25) is 5.02 Å². The molecule has 6 aromatic rings. The van der Waals surface area contributed by atoms with E-state index in [0.717, 1.165) is 43.3 Å². The number of primary amides is 1. The number of pyridine rings is 1. The maximum atomic E-state index is 14.8. The first-order valence-electron chi connectivity index (χ1n) is 26.4. The second-order valence-electron chi connectivity index (χ2n) is 19.8. The van der Waals surface area contributed by atoms with Gasteiger partial charge in [-0.05, 0) is 96.9 Å². The lowest BCUT2D eigenvalue weighted by Crippen LogP contribution is -2.62. The number of fused-ring (bicyclic) bond motifs is 2. The minimum atomic E-state index is -1.70. The van der Waals surface area contributed by atoms with Crippen LogP contribution in [0.5, 0.6) is 0 Å². The lowest BCUT2D eigenvalue weighted by Gasteiger charge is -2.29. The summed E-state index contributed by atoms with van der Waals surface area (Å²) >= 11 is 6.10. The van der Waals surface area contributed by atoms with Gasteiger partial charge in [0.15, 0.2) is 0 Å². The summed E-state index contributed by atoms with van der Waals surface area (Å²) in [7, 11) is 2.02. The number of unbranched alkanes of at least 4 members (excludes halogenated alkanes) is 1. The van der Waals surface area contributed by atoms with Crippen molar-refractivity contribution in [1.82, 2.24) is 47.2 Å². The van der Waals surface area contributed by atoms with Crippen LogP contribution in [0.3, 0.4) is 0 Å². The molecule has 2 aromatic heterocycles. The molecule has 7 rings (SSSR count). The quantitative estimate of drug-likeness (QED) is 0.0431. The molecular weight excluding hydrogens is 1100 g/mol. The third kappa shape index (κ3) is 17.7. The van der Waals surface area contributed by atoms with Crippen LogP contribution in [-0.4, -0.2) is 135 Å². The van der Waals surface area contributed by atoms with Gasteiger partial charge in [-0.15, -0.1) is 0 Å². The maximum absolute atomic E-state index is 14.8. The Morgan fingerprint density at radius 2 is 1.38 bits per heavy atom. The van der Waals surface area contributed by atoms with Crippen LogP contribution < -0.4 is 54.4 Å². The van der Waals surface area contributed by atoms with Gasteiger partial charge in [0.05, 0.1) is 12.1 Å². The number of para-hydroxylation sites is 1. The summed E-state index contributed by atoms with van der Waals surface area (Å²) < 4.78 is 0. The van der Waals surface area contributed by atoms with Crippen LogP contribution in [0.15, 0.2) is 122 Å². The third-order valence-electron chi connectivity index (χ3n) is 13.6. The van der Waals surface area contributed by atoms with Crippen LogP contribution in [0.25, 0.3) is 21.7 Å². The number of halogens is 1. The predicted octanol–water partition coefficient (Wildman–Crippen LogP) is 1.75. The van der Waals surface area contributed by atoms with Crippen molar-refractivity contribution in [3.8, 4) is 0 Å². The van der Waals surface area contributed by atoms with Crippen LogP contribution in [0.4, 0.5) is 0 Å². The molecule has 0 bridgehead atoms. The number of hydrogen-bond acceptors (Lipinski definition) is 14. The molecule has 0 radical (unpaired) electrons. The van der Waals surface area contributed by atoms with Crippen LogP contribution in [-0.2, 0) is 64.0 Å². The number of carbonyl (C=O) groups excluding carboxylic acids is 8. The number of aliphatic hydroxyl groups excluding tert-OH is 1. The first-order chi connectivity index (χ1) is 39.0. The molecule has 3 unspecified atom stereocenters.